The third-order valence-corrected chi connectivity index (χ3v) is 4.14. The summed E-state index contributed by atoms with van der Waals surface area (Å²) in [6, 6.07) is -0.690. The molecule has 1 heterocycles. The van der Waals surface area contributed by atoms with E-state index in [1.165, 1.54) is 19.3 Å². The molecule has 0 bridgehead atoms. The highest BCUT2D eigenvalue weighted by atomic mass is 16.2. The molecule has 1 aliphatic carbocycles. The van der Waals surface area contributed by atoms with Crippen molar-refractivity contribution in [2.24, 2.45) is 5.92 Å². The van der Waals surface area contributed by atoms with E-state index in [1.54, 1.807) is 17.9 Å². The van der Waals surface area contributed by atoms with E-state index >= 15 is 0 Å². The van der Waals surface area contributed by atoms with Crippen LogP contribution in [-0.2, 0) is 9.59 Å². The van der Waals surface area contributed by atoms with E-state index in [1.807, 2.05) is 0 Å². The van der Waals surface area contributed by atoms with Gasteiger partial charge in [-0.2, -0.15) is 0 Å². The van der Waals surface area contributed by atoms with Crippen LogP contribution in [0.1, 0.15) is 39.0 Å². The molecule has 2 unspecified atom stereocenters. The summed E-state index contributed by atoms with van der Waals surface area (Å²) in [5.74, 6) is 0.343. The molecule has 2 amide bonds. The number of hydrogen-bond acceptors (Lipinski definition) is 2. The van der Waals surface area contributed by atoms with Gasteiger partial charge in [-0.3, -0.25) is 9.59 Å². The van der Waals surface area contributed by atoms with Gasteiger partial charge < -0.3 is 10.2 Å². The first-order valence-corrected chi connectivity index (χ1v) is 6.87. The van der Waals surface area contributed by atoms with E-state index in [2.05, 4.69) is 11.9 Å². The fourth-order valence-electron chi connectivity index (χ4n) is 3.02. The van der Waals surface area contributed by atoms with Crippen LogP contribution in [0.25, 0.3) is 0 Å². The van der Waals surface area contributed by atoms with Crippen molar-refractivity contribution in [3.63, 3.8) is 0 Å². The minimum absolute atomic E-state index is 0.0352. The van der Waals surface area contributed by atoms with Crippen molar-refractivity contribution in [1.29, 1.82) is 0 Å². The number of hydrogen-bond donors (Lipinski definition) is 1. The Morgan fingerprint density at radius 2 is 2.00 bits per heavy atom. The van der Waals surface area contributed by atoms with Crippen LogP contribution in [0, 0.1) is 5.92 Å². The maximum Gasteiger partial charge on any atom is 0.246 e. The minimum atomic E-state index is -0.379. The summed E-state index contributed by atoms with van der Waals surface area (Å²) in [7, 11) is 0. The lowest BCUT2D eigenvalue weighted by Gasteiger charge is -2.40. The summed E-state index contributed by atoms with van der Waals surface area (Å²) >= 11 is 0. The Kier molecular flexibility index (Phi) is 4.04. The van der Waals surface area contributed by atoms with Crippen LogP contribution >= 0.6 is 0 Å². The van der Waals surface area contributed by atoms with Crippen LogP contribution < -0.4 is 5.32 Å². The number of nitrogens with one attached hydrogen (secondary N) is 1. The highest BCUT2D eigenvalue weighted by Gasteiger charge is 2.41. The molecule has 2 fully saturated rings. The molecule has 4 heteroatoms. The maximum atomic E-state index is 12.4. The lowest BCUT2D eigenvalue weighted by molar-refractivity contribution is -0.149. The third kappa shape index (κ3) is 2.42. The minimum Gasteiger partial charge on any atom is -0.342 e. The Morgan fingerprint density at radius 3 is 2.61 bits per heavy atom. The zero-order valence-electron chi connectivity index (χ0n) is 11.0. The second kappa shape index (κ2) is 5.55. The first-order chi connectivity index (χ1) is 8.65. The zero-order chi connectivity index (χ0) is 13.1. The number of rotatable bonds is 3. The van der Waals surface area contributed by atoms with Gasteiger partial charge in [0, 0.05) is 6.54 Å². The monoisotopic (exact) mass is 250 g/mol. The molecule has 0 aromatic rings. The van der Waals surface area contributed by atoms with Crippen molar-refractivity contribution >= 4 is 11.8 Å². The van der Waals surface area contributed by atoms with E-state index < -0.39 is 0 Å². The summed E-state index contributed by atoms with van der Waals surface area (Å²) < 4.78 is 0. The van der Waals surface area contributed by atoms with E-state index in [0.717, 1.165) is 12.8 Å². The van der Waals surface area contributed by atoms with Crippen LogP contribution in [0.4, 0.5) is 0 Å². The zero-order valence-corrected chi connectivity index (χ0v) is 11.0. The fourth-order valence-corrected chi connectivity index (χ4v) is 3.02. The highest BCUT2D eigenvalue weighted by Crippen LogP contribution is 2.29. The van der Waals surface area contributed by atoms with Crippen molar-refractivity contribution in [1.82, 2.24) is 10.2 Å². The average Bonchev–Trinajstić information content (AvgIpc) is 2.40. The molecule has 0 aromatic carbocycles. The average molecular weight is 250 g/mol. The quantitative estimate of drug-likeness (QED) is 0.771. The molecule has 2 aliphatic rings. The van der Waals surface area contributed by atoms with E-state index in [0.29, 0.717) is 12.5 Å². The van der Waals surface area contributed by atoms with Crippen LogP contribution in [0.2, 0.25) is 0 Å². The lowest BCUT2D eigenvalue weighted by Crippen LogP contribution is -2.64. The Hall–Kier alpha value is -1.32. The summed E-state index contributed by atoms with van der Waals surface area (Å²) in [6.45, 7) is 5.89. The Morgan fingerprint density at radius 1 is 1.33 bits per heavy atom. The number of carbonyl (C=O) groups is 2. The SMILES string of the molecule is C=CCN1C(=O)C(C2CCCCC2)NC(=O)C1C. The molecule has 1 N–H and O–H groups in total. The highest BCUT2D eigenvalue weighted by molar-refractivity contribution is 5.97. The first kappa shape index (κ1) is 13.1. The number of amides is 2. The van der Waals surface area contributed by atoms with Gasteiger partial charge in [-0.1, -0.05) is 25.3 Å². The molecule has 100 valence electrons. The molecule has 1 saturated heterocycles. The van der Waals surface area contributed by atoms with Crippen LogP contribution in [0.15, 0.2) is 12.7 Å². The molecule has 18 heavy (non-hydrogen) atoms. The third-order valence-electron chi connectivity index (χ3n) is 4.14. The van der Waals surface area contributed by atoms with Gasteiger partial charge in [0.1, 0.15) is 12.1 Å². The van der Waals surface area contributed by atoms with Crippen LogP contribution in [-0.4, -0.2) is 35.3 Å². The predicted octanol–water partition coefficient (Wildman–Crippen LogP) is 1.47. The molecule has 0 aromatic heterocycles. The largest absolute Gasteiger partial charge is 0.342 e. The van der Waals surface area contributed by atoms with Gasteiger partial charge in [-0.15, -0.1) is 6.58 Å². The van der Waals surface area contributed by atoms with Crippen LogP contribution in [0.5, 0.6) is 0 Å². The molecule has 0 spiro atoms. The summed E-state index contributed by atoms with van der Waals surface area (Å²) in [5.41, 5.74) is 0. The van der Waals surface area contributed by atoms with Gasteiger partial charge in [0.15, 0.2) is 0 Å². The summed E-state index contributed by atoms with van der Waals surface area (Å²) in [6.07, 6.45) is 7.37. The van der Waals surface area contributed by atoms with Gasteiger partial charge >= 0.3 is 0 Å². The predicted molar refractivity (Wildman–Crippen MR) is 69.9 cm³/mol. The van der Waals surface area contributed by atoms with E-state index in [-0.39, 0.29) is 23.9 Å². The maximum absolute atomic E-state index is 12.4. The van der Waals surface area contributed by atoms with E-state index in [4.69, 9.17) is 0 Å². The van der Waals surface area contributed by atoms with E-state index in [9.17, 15) is 9.59 Å². The molecular weight excluding hydrogens is 228 g/mol. The molecule has 2 atom stereocenters. The molecular formula is C14H22N2O2. The van der Waals surface area contributed by atoms with Gasteiger partial charge in [0.25, 0.3) is 0 Å². The summed E-state index contributed by atoms with van der Waals surface area (Å²) in [5, 5.41) is 2.91. The topological polar surface area (TPSA) is 49.4 Å². The molecule has 4 nitrogen and oxygen atoms in total. The fraction of sp³-hybridized carbons (Fsp3) is 0.714. The van der Waals surface area contributed by atoms with Crippen molar-refractivity contribution in [2.45, 2.75) is 51.1 Å². The molecule has 1 saturated carbocycles. The second-order valence-corrected chi connectivity index (χ2v) is 5.34. The Labute approximate surface area is 108 Å². The van der Waals surface area contributed by atoms with Crippen molar-refractivity contribution in [3.05, 3.63) is 12.7 Å². The number of piperazine rings is 1. The molecule has 2 rings (SSSR count). The van der Waals surface area contributed by atoms with Gasteiger partial charge in [0.2, 0.25) is 11.8 Å². The molecule has 0 radical (unpaired) electrons. The van der Waals surface area contributed by atoms with Gasteiger partial charge in [0.05, 0.1) is 0 Å². The van der Waals surface area contributed by atoms with Crippen molar-refractivity contribution in [3.8, 4) is 0 Å². The normalized spacial score (nSPS) is 30.2. The lowest BCUT2D eigenvalue weighted by atomic mass is 9.82. The van der Waals surface area contributed by atoms with Gasteiger partial charge in [-0.05, 0) is 25.7 Å². The number of nitrogens with zero attached hydrogens (tertiary/aromatic N) is 1. The smallest absolute Gasteiger partial charge is 0.246 e. The molecule has 1 aliphatic heterocycles. The number of carbonyl (C=O) groups excluding carboxylic acids is 2. The Bertz CT molecular complexity index is 348. The standard InChI is InChI=1S/C14H22N2O2/c1-3-9-16-10(2)13(17)15-12(14(16)18)11-7-5-4-6-8-11/h3,10-12H,1,4-9H2,2H3,(H,15,17). The Balaban J connectivity index is 2.12. The summed E-state index contributed by atoms with van der Waals surface area (Å²) in [4.78, 5) is 26.0. The van der Waals surface area contributed by atoms with Crippen molar-refractivity contribution < 1.29 is 9.59 Å². The first-order valence-electron chi connectivity index (χ1n) is 6.87. The van der Waals surface area contributed by atoms with Gasteiger partial charge in [-0.25, -0.2) is 0 Å². The van der Waals surface area contributed by atoms with Crippen LogP contribution in [0.3, 0.4) is 0 Å². The van der Waals surface area contributed by atoms with Crippen molar-refractivity contribution in [2.75, 3.05) is 6.54 Å². The second-order valence-electron chi connectivity index (χ2n) is 5.34.